The van der Waals surface area contributed by atoms with Crippen molar-refractivity contribution < 1.29 is 9.90 Å². The summed E-state index contributed by atoms with van der Waals surface area (Å²) >= 11 is 0. The van der Waals surface area contributed by atoms with Crippen molar-refractivity contribution in [3.63, 3.8) is 0 Å². The first kappa shape index (κ1) is 15.9. The predicted octanol–water partition coefficient (Wildman–Crippen LogP) is 1.08. The zero-order chi connectivity index (χ0) is 15.5. The summed E-state index contributed by atoms with van der Waals surface area (Å²) in [6, 6.07) is 7.64. The number of rotatable bonds is 4. The normalized spacial score (nSPS) is 22.3. The number of hydrogen-bond acceptors (Lipinski definition) is 4. The van der Waals surface area contributed by atoms with Crippen LogP contribution >= 0.6 is 0 Å². The van der Waals surface area contributed by atoms with E-state index in [0.29, 0.717) is 6.54 Å². The van der Waals surface area contributed by atoms with E-state index in [1.807, 2.05) is 24.3 Å². The number of aliphatic hydroxyl groups is 1. The molecule has 2 rings (SSSR count). The molecule has 1 aliphatic heterocycles. The number of hydrogen-bond donors (Lipinski definition) is 4. The lowest BCUT2D eigenvalue weighted by molar-refractivity contribution is -0.123. The van der Waals surface area contributed by atoms with Gasteiger partial charge in [-0.1, -0.05) is 45.0 Å². The summed E-state index contributed by atoms with van der Waals surface area (Å²) in [6.45, 7) is 6.90. The fourth-order valence-corrected chi connectivity index (χ4v) is 2.49. The largest absolute Gasteiger partial charge is 0.392 e. The smallest absolute Gasteiger partial charge is 0.238 e. The Balaban J connectivity index is 1.88. The summed E-state index contributed by atoms with van der Waals surface area (Å²) in [4.78, 5) is 12.2. The Labute approximate surface area is 126 Å². The molecule has 0 spiro atoms. The number of carbonyl (C=O) groups excluding carboxylic acids is 1. The van der Waals surface area contributed by atoms with Crippen molar-refractivity contribution in [1.29, 1.82) is 0 Å². The number of nitrogens with one attached hydrogen (secondary N) is 3. The van der Waals surface area contributed by atoms with Crippen LogP contribution in [0.3, 0.4) is 0 Å². The van der Waals surface area contributed by atoms with Crippen LogP contribution in [0.4, 0.5) is 0 Å². The van der Waals surface area contributed by atoms with Crippen LogP contribution < -0.4 is 16.2 Å². The van der Waals surface area contributed by atoms with Gasteiger partial charge in [0.1, 0.15) is 6.04 Å². The van der Waals surface area contributed by atoms with Crippen LogP contribution in [0.25, 0.3) is 0 Å². The van der Waals surface area contributed by atoms with E-state index in [4.69, 9.17) is 0 Å². The monoisotopic (exact) mass is 291 g/mol. The van der Waals surface area contributed by atoms with Gasteiger partial charge < -0.3 is 10.4 Å². The molecule has 0 radical (unpaired) electrons. The van der Waals surface area contributed by atoms with E-state index in [9.17, 15) is 9.90 Å². The molecule has 2 atom stereocenters. The molecule has 116 valence electrons. The first-order chi connectivity index (χ1) is 9.91. The second-order valence-electron chi connectivity index (χ2n) is 6.64. The molecule has 0 aromatic heterocycles. The van der Waals surface area contributed by atoms with Gasteiger partial charge in [-0.05, 0) is 23.0 Å². The van der Waals surface area contributed by atoms with Crippen LogP contribution in [0.2, 0.25) is 0 Å². The highest BCUT2D eigenvalue weighted by atomic mass is 16.3. The van der Waals surface area contributed by atoms with E-state index in [1.54, 1.807) is 0 Å². The molecule has 1 heterocycles. The van der Waals surface area contributed by atoms with E-state index in [-0.39, 0.29) is 30.0 Å². The van der Waals surface area contributed by atoms with E-state index in [0.717, 1.165) is 17.5 Å². The third kappa shape index (κ3) is 4.03. The predicted molar refractivity (Wildman–Crippen MR) is 82.1 cm³/mol. The SMILES string of the molecule is CC(C)(C)C1CC(C(=O)NCc2ccccc2CO)NN1. The van der Waals surface area contributed by atoms with Gasteiger partial charge in [0.15, 0.2) is 0 Å². The molecule has 0 aliphatic carbocycles. The van der Waals surface area contributed by atoms with Crippen LogP contribution in [0, 0.1) is 5.41 Å². The molecule has 1 fully saturated rings. The first-order valence-electron chi connectivity index (χ1n) is 7.38. The van der Waals surface area contributed by atoms with Crippen LogP contribution in [0.1, 0.15) is 38.3 Å². The second kappa shape index (κ2) is 6.56. The first-order valence-corrected chi connectivity index (χ1v) is 7.38. The number of aliphatic hydroxyl groups excluding tert-OH is 1. The standard InChI is InChI=1S/C16H25N3O2/c1-16(2,3)14-8-13(18-19-14)15(21)17-9-11-6-4-5-7-12(11)10-20/h4-7,13-14,18-20H,8-10H2,1-3H3,(H,17,21). The highest BCUT2D eigenvalue weighted by Gasteiger charge is 2.35. The molecule has 1 aliphatic rings. The van der Waals surface area contributed by atoms with Gasteiger partial charge in [-0.25, -0.2) is 5.43 Å². The van der Waals surface area contributed by atoms with Crippen molar-refractivity contribution in [1.82, 2.24) is 16.2 Å². The third-order valence-electron chi connectivity index (χ3n) is 4.01. The van der Waals surface area contributed by atoms with Gasteiger partial charge in [0, 0.05) is 12.6 Å². The maximum absolute atomic E-state index is 12.2. The molecule has 1 amide bonds. The van der Waals surface area contributed by atoms with E-state index in [2.05, 4.69) is 36.9 Å². The Bertz CT molecular complexity index is 497. The van der Waals surface area contributed by atoms with Gasteiger partial charge >= 0.3 is 0 Å². The zero-order valence-corrected chi connectivity index (χ0v) is 12.9. The topological polar surface area (TPSA) is 73.4 Å². The van der Waals surface area contributed by atoms with Crippen molar-refractivity contribution >= 4 is 5.91 Å². The number of hydrazine groups is 1. The van der Waals surface area contributed by atoms with Crippen molar-refractivity contribution in [2.24, 2.45) is 5.41 Å². The van der Waals surface area contributed by atoms with Gasteiger partial charge in [-0.15, -0.1) is 0 Å². The molecule has 1 saturated heterocycles. The summed E-state index contributed by atoms with van der Waals surface area (Å²) in [5.41, 5.74) is 8.18. The van der Waals surface area contributed by atoms with E-state index in [1.165, 1.54) is 0 Å². The summed E-state index contributed by atoms with van der Waals surface area (Å²) in [7, 11) is 0. The quantitative estimate of drug-likeness (QED) is 0.670. The van der Waals surface area contributed by atoms with Gasteiger partial charge in [0.2, 0.25) is 5.91 Å². The molecule has 21 heavy (non-hydrogen) atoms. The average Bonchev–Trinajstić information content (AvgIpc) is 2.95. The number of amides is 1. The highest BCUT2D eigenvalue weighted by molar-refractivity contribution is 5.82. The molecule has 0 bridgehead atoms. The fourth-order valence-electron chi connectivity index (χ4n) is 2.49. The van der Waals surface area contributed by atoms with Crippen LogP contribution in [0.5, 0.6) is 0 Å². The highest BCUT2D eigenvalue weighted by Crippen LogP contribution is 2.25. The fraction of sp³-hybridized carbons (Fsp3) is 0.562. The number of carbonyl (C=O) groups is 1. The van der Waals surface area contributed by atoms with Gasteiger partial charge in [0.25, 0.3) is 0 Å². The molecule has 4 N–H and O–H groups in total. The Kier molecular flexibility index (Phi) is 4.98. The van der Waals surface area contributed by atoms with Crippen molar-refractivity contribution in [3.05, 3.63) is 35.4 Å². The van der Waals surface area contributed by atoms with Crippen LogP contribution in [0.15, 0.2) is 24.3 Å². The summed E-state index contributed by atoms with van der Waals surface area (Å²) < 4.78 is 0. The Morgan fingerprint density at radius 3 is 2.52 bits per heavy atom. The maximum Gasteiger partial charge on any atom is 0.238 e. The molecule has 2 unspecified atom stereocenters. The van der Waals surface area contributed by atoms with Crippen LogP contribution in [-0.2, 0) is 17.9 Å². The van der Waals surface area contributed by atoms with Gasteiger partial charge in [-0.2, -0.15) is 0 Å². The second-order valence-corrected chi connectivity index (χ2v) is 6.64. The minimum absolute atomic E-state index is 0.0120. The lowest BCUT2D eigenvalue weighted by Crippen LogP contribution is -2.44. The Morgan fingerprint density at radius 1 is 1.29 bits per heavy atom. The summed E-state index contributed by atoms with van der Waals surface area (Å²) in [6.07, 6.45) is 0.775. The maximum atomic E-state index is 12.2. The minimum atomic E-state index is -0.212. The molecule has 0 saturated carbocycles. The zero-order valence-electron chi connectivity index (χ0n) is 12.9. The van der Waals surface area contributed by atoms with Gasteiger partial charge in [0.05, 0.1) is 6.61 Å². The lowest BCUT2D eigenvalue weighted by atomic mass is 9.84. The summed E-state index contributed by atoms with van der Waals surface area (Å²) in [5, 5.41) is 12.2. The van der Waals surface area contributed by atoms with Crippen molar-refractivity contribution in [2.45, 2.75) is 52.4 Å². The van der Waals surface area contributed by atoms with Crippen LogP contribution in [-0.4, -0.2) is 23.1 Å². The van der Waals surface area contributed by atoms with Gasteiger partial charge in [-0.3, -0.25) is 10.2 Å². The Hall–Kier alpha value is -1.43. The average molecular weight is 291 g/mol. The summed E-state index contributed by atoms with van der Waals surface area (Å²) in [5.74, 6) is -0.0120. The lowest BCUT2D eigenvalue weighted by Gasteiger charge is -2.25. The molecule has 5 heteroatoms. The molecule has 1 aromatic carbocycles. The van der Waals surface area contributed by atoms with E-state index < -0.39 is 0 Å². The Morgan fingerprint density at radius 2 is 1.95 bits per heavy atom. The molecule has 1 aromatic rings. The third-order valence-corrected chi connectivity index (χ3v) is 4.01. The molecular weight excluding hydrogens is 266 g/mol. The molecular formula is C16H25N3O2. The number of benzene rings is 1. The van der Waals surface area contributed by atoms with E-state index >= 15 is 0 Å². The molecule has 5 nitrogen and oxygen atoms in total. The van der Waals surface area contributed by atoms with Crippen molar-refractivity contribution in [2.75, 3.05) is 0 Å². The van der Waals surface area contributed by atoms with Crippen molar-refractivity contribution in [3.8, 4) is 0 Å². The minimum Gasteiger partial charge on any atom is -0.392 e.